The Balaban J connectivity index is 4.02. The van der Waals surface area contributed by atoms with Gasteiger partial charge in [0, 0.05) is 12.8 Å². The number of hydrogen-bond donors (Lipinski definition) is 1. The Labute approximate surface area is 471 Å². The van der Waals surface area contributed by atoms with Gasteiger partial charge in [0.25, 0.3) is 0 Å². The first-order chi connectivity index (χ1) is 37.0. The van der Waals surface area contributed by atoms with Crippen LogP contribution in [0, 0.1) is 0 Å². The van der Waals surface area contributed by atoms with Gasteiger partial charge in [-0.1, -0.05) is 294 Å². The molecule has 0 aromatic rings. The fourth-order valence-electron chi connectivity index (χ4n) is 9.42. The summed E-state index contributed by atoms with van der Waals surface area (Å²) in [5.74, 6) is -0.794. The molecule has 0 aromatic carbocycles. The van der Waals surface area contributed by atoms with Crippen LogP contribution in [0.2, 0.25) is 0 Å². The third kappa shape index (κ3) is 61.2. The van der Waals surface area contributed by atoms with Crippen LogP contribution in [0.5, 0.6) is 0 Å². The van der Waals surface area contributed by atoms with Crippen molar-refractivity contribution in [3.05, 3.63) is 48.6 Å². The van der Waals surface area contributed by atoms with Crippen LogP contribution in [0.3, 0.4) is 0 Å². The zero-order valence-corrected chi connectivity index (χ0v) is 51.6. The van der Waals surface area contributed by atoms with Crippen molar-refractivity contribution < 1.29 is 42.1 Å². The van der Waals surface area contributed by atoms with Crippen molar-refractivity contribution in [2.45, 2.75) is 315 Å². The van der Waals surface area contributed by atoms with Crippen molar-refractivity contribution in [3.63, 3.8) is 0 Å². The Morgan fingerprint density at radius 3 is 1.12 bits per heavy atom. The van der Waals surface area contributed by atoms with Crippen LogP contribution in [-0.4, -0.2) is 74.9 Å². The molecule has 0 heterocycles. The van der Waals surface area contributed by atoms with E-state index in [4.69, 9.17) is 18.5 Å². The van der Waals surface area contributed by atoms with Gasteiger partial charge in [-0.2, -0.15) is 0 Å². The van der Waals surface area contributed by atoms with Gasteiger partial charge in [-0.25, -0.2) is 4.57 Å². The van der Waals surface area contributed by atoms with E-state index in [0.717, 1.165) is 70.6 Å². The van der Waals surface area contributed by atoms with Crippen LogP contribution in [0.25, 0.3) is 0 Å². The number of phosphoric ester groups is 1. The molecule has 0 aromatic heterocycles. The number of hydrogen-bond acceptors (Lipinski definition) is 7. The summed E-state index contributed by atoms with van der Waals surface area (Å²) in [7, 11) is 1.48. The van der Waals surface area contributed by atoms with Gasteiger partial charge in [-0.15, -0.1) is 0 Å². The van der Waals surface area contributed by atoms with E-state index in [9.17, 15) is 19.0 Å². The quantitative estimate of drug-likeness (QED) is 0.0211. The number of esters is 2. The zero-order valence-electron chi connectivity index (χ0n) is 50.8. The topological polar surface area (TPSA) is 108 Å². The first-order valence-corrected chi connectivity index (χ1v) is 33.9. The van der Waals surface area contributed by atoms with Crippen molar-refractivity contribution in [1.82, 2.24) is 0 Å². The first kappa shape index (κ1) is 74.0. The summed E-state index contributed by atoms with van der Waals surface area (Å²) >= 11 is 0. The minimum atomic E-state index is -4.39. The summed E-state index contributed by atoms with van der Waals surface area (Å²) < 4.78 is 34.6. The maximum absolute atomic E-state index is 12.8. The molecule has 76 heavy (non-hydrogen) atoms. The van der Waals surface area contributed by atoms with Gasteiger partial charge in [0.05, 0.1) is 27.7 Å². The van der Waals surface area contributed by atoms with Crippen molar-refractivity contribution in [1.29, 1.82) is 0 Å². The fourth-order valence-corrected chi connectivity index (χ4v) is 10.2. The summed E-state index contributed by atoms with van der Waals surface area (Å²) in [5.41, 5.74) is 0. The van der Waals surface area contributed by atoms with Crippen LogP contribution in [0.15, 0.2) is 48.6 Å². The van der Waals surface area contributed by atoms with E-state index < -0.39 is 26.5 Å². The lowest BCUT2D eigenvalue weighted by atomic mass is 10.0. The minimum absolute atomic E-state index is 0.0302. The highest BCUT2D eigenvalue weighted by Crippen LogP contribution is 2.43. The number of nitrogens with zero attached hydrogens (tertiary/aromatic N) is 1. The predicted molar refractivity (Wildman–Crippen MR) is 326 cm³/mol. The van der Waals surface area contributed by atoms with E-state index in [-0.39, 0.29) is 25.6 Å². The van der Waals surface area contributed by atoms with Gasteiger partial charge in [0.2, 0.25) is 0 Å². The third-order valence-electron chi connectivity index (χ3n) is 14.4. The van der Waals surface area contributed by atoms with E-state index in [1.807, 2.05) is 21.1 Å². The molecule has 0 rings (SSSR count). The molecule has 0 bridgehead atoms. The predicted octanol–water partition coefficient (Wildman–Crippen LogP) is 20.5. The molecule has 9 nitrogen and oxygen atoms in total. The summed E-state index contributed by atoms with van der Waals surface area (Å²) in [6, 6.07) is 0. The Bertz CT molecular complexity index is 1420. The molecule has 446 valence electrons. The van der Waals surface area contributed by atoms with E-state index >= 15 is 0 Å². The number of carbonyl (C=O) groups is 2. The Morgan fingerprint density at radius 1 is 0.421 bits per heavy atom. The molecule has 2 atom stereocenters. The molecule has 0 aliphatic heterocycles. The summed E-state index contributed by atoms with van der Waals surface area (Å²) in [6.45, 7) is 4.36. The van der Waals surface area contributed by atoms with Gasteiger partial charge >= 0.3 is 19.8 Å². The molecule has 0 fully saturated rings. The number of allylic oxidation sites excluding steroid dienone is 8. The molecule has 0 saturated heterocycles. The fraction of sp³-hybridized carbons (Fsp3) is 0.848. The highest BCUT2D eigenvalue weighted by molar-refractivity contribution is 7.47. The Hall–Kier alpha value is -2.03. The number of quaternary nitrogens is 1. The van der Waals surface area contributed by atoms with Crippen molar-refractivity contribution in [3.8, 4) is 0 Å². The average Bonchev–Trinajstić information content (AvgIpc) is 3.38. The molecular weight excluding hydrogens is 966 g/mol. The Kier molecular flexibility index (Phi) is 56.1. The molecule has 0 radical (unpaired) electrons. The van der Waals surface area contributed by atoms with Crippen molar-refractivity contribution >= 4 is 19.8 Å². The maximum atomic E-state index is 12.8. The molecule has 0 spiro atoms. The number of carbonyl (C=O) groups excluding carboxylic acids is 2. The standard InChI is InChI=1S/C66H124NO8P/c1-6-8-10-12-14-16-18-20-22-24-26-28-29-30-31-32-33-34-35-36-37-39-40-42-44-46-48-50-52-54-56-58-65(68)72-62-64(63-74-76(70,71)73-61-60-67(3,4)5)75-66(69)59-57-55-53-51-49-47-45-43-41-38-27-25-23-21-19-17-15-13-11-9-7-2/h9,11,15,17,21,23,27,38,64H,6-8,10,12-14,16,18-20,22,24-26,28-37,39-63H2,1-5H3/p+1/b11-9-,17-15-,23-21-,38-27-. The van der Waals surface area contributed by atoms with E-state index in [0.29, 0.717) is 23.9 Å². The zero-order chi connectivity index (χ0) is 55.6. The third-order valence-corrected chi connectivity index (χ3v) is 15.4. The number of likely N-dealkylation sites (N-methyl/N-ethyl adjacent to an activating group) is 1. The molecule has 0 aliphatic carbocycles. The monoisotopic (exact) mass is 1090 g/mol. The number of phosphoric acid groups is 1. The van der Waals surface area contributed by atoms with Crippen LogP contribution in [0.1, 0.15) is 309 Å². The summed E-state index contributed by atoms with van der Waals surface area (Å²) in [5, 5.41) is 0. The SMILES string of the molecule is CC/C=C\C/C=C\C/C=C\C/C=C\CCCCCCCCCCC(=O)OC(COC(=O)CCCCCCCCCCCCCCCCCCCCCCCCCCCCCCCCC)COP(=O)(O)OCC[N+](C)(C)C. The van der Waals surface area contributed by atoms with Gasteiger partial charge < -0.3 is 18.9 Å². The van der Waals surface area contributed by atoms with Crippen LogP contribution in [-0.2, 0) is 32.7 Å². The molecule has 0 amide bonds. The lowest BCUT2D eigenvalue weighted by molar-refractivity contribution is -0.870. The van der Waals surface area contributed by atoms with Crippen LogP contribution in [0.4, 0.5) is 0 Å². The average molecular weight is 1090 g/mol. The van der Waals surface area contributed by atoms with Crippen molar-refractivity contribution in [2.24, 2.45) is 0 Å². The summed E-state index contributed by atoms with van der Waals surface area (Å²) in [6.07, 6.45) is 73.5. The maximum Gasteiger partial charge on any atom is 0.472 e. The van der Waals surface area contributed by atoms with Gasteiger partial charge in [0.15, 0.2) is 6.10 Å². The highest BCUT2D eigenvalue weighted by Gasteiger charge is 2.27. The lowest BCUT2D eigenvalue weighted by Crippen LogP contribution is -2.37. The second-order valence-electron chi connectivity index (χ2n) is 23.1. The molecule has 10 heteroatoms. The van der Waals surface area contributed by atoms with E-state index in [1.54, 1.807) is 0 Å². The normalized spacial score (nSPS) is 13.5. The molecular formula is C66H125NO8P+. The second kappa shape index (κ2) is 57.6. The molecule has 1 N–H and O–H groups in total. The Morgan fingerprint density at radius 2 is 0.750 bits per heavy atom. The van der Waals surface area contributed by atoms with Gasteiger partial charge in [-0.3, -0.25) is 18.6 Å². The minimum Gasteiger partial charge on any atom is -0.462 e. The van der Waals surface area contributed by atoms with Gasteiger partial charge in [-0.05, 0) is 51.4 Å². The van der Waals surface area contributed by atoms with Crippen LogP contribution < -0.4 is 0 Å². The second-order valence-corrected chi connectivity index (χ2v) is 24.6. The largest absolute Gasteiger partial charge is 0.472 e. The van der Waals surface area contributed by atoms with Crippen LogP contribution >= 0.6 is 7.82 Å². The molecule has 0 saturated carbocycles. The molecule has 2 unspecified atom stereocenters. The highest BCUT2D eigenvalue weighted by atomic mass is 31.2. The number of ether oxygens (including phenoxy) is 2. The number of rotatable bonds is 60. The molecule has 0 aliphatic rings. The number of unbranched alkanes of at least 4 members (excludes halogenated alkanes) is 38. The van der Waals surface area contributed by atoms with Crippen molar-refractivity contribution in [2.75, 3.05) is 47.5 Å². The first-order valence-electron chi connectivity index (χ1n) is 32.4. The lowest BCUT2D eigenvalue weighted by Gasteiger charge is -2.24. The van der Waals surface area contributed by atoms with Gasteiger partial charge in [0.1, 0.15) is 19.8 Å². The van der Waals surface area contributed by atoms with E-state index in [2.05, 4.69) is 62.5 Å². The smallest absolute Gasteiger partial charge is 0.462 e. The summed E-state index contributed by atoms with van der Waals surface area (Å²) in [4.78, 5) is 35.8. The van der Waals surface area contributed by atoms with E-state index in [1.165, 1.54) is 205 Å².